The molecular weight excluding hydrogens is 424 g/mol. The normalized spacial score (nSPS) is 14.2. The van der Waals surface area contributed by atoms with E-state index in [2.05, 4.69) is 54.5 Å². The molecule has 34 heavy (non-hydrogen) atoms. The number of aromatic carboxylic acids is 1. The summed E-state index contributed by atoms with van der Waals surface area (Å²) in [5.74, 6) is -1.09. The van der Waals surface area contributed by atoms with E-state index in [1.807, 2.05) is 36.7 Å². The summed E-state index contributed by atoms with van der Waals surface area (Å²) >= 11 is 0. The molecule has 1 heterocycles. The van der Waals surface area contributed by atoms with Gasteiger partial charge in [-0.3, -0.25) is 9.78 Å². The van der Waals surface area contributed by atoms with Crippen molar-refractivity contribution < 1.29 is 14.7 Å². The van der Waals surface area contributed by atoms with Crippen molar-refractivity contribution >= 4 is 34.4 Å². The first-order valence-corrected chi connectivity index (χ1v) is 11.2. The Bertz CT molecular complexity index is 1480. The topological polar surface area (TPSA) is 79.3 Å². The van der Waals surface area contributed by atoms with Gasteiger partial charge in [-0.15, -0.1) is 0 Å². The summed E-state index contributed by atoms with van der Waals surface area (Å²) in [4.78, 5) is 27.6. The molecule has 0 spiro atoms. The van der Waals surface area contributed by atoms with Crippen molar-refractivity contribution in [2.75, 3.05) is 5.32 Å². The summed E-state index contributed by atoms with van der Waals surface area (Å²) in [5.41, 5.74) is 6.27. The van der Waals surface area contributed by atoms with Crippen molar-refractivity contribution in [1.82, 2.24) is 4.98 Å². The number of nitrogens with zero attached hydrogens (tertiary/aromatic N) is 1. The Labute approximate surface area is 197 Å². The minimum atomic E-state index is -1.09. The van der Waals surface area contributed by atoms with Gasteiger partial charge in [0.05, 0.1) is 11.3 Å². The average Bonchev–Trinajstić information content (AvgIpc) is 2.84. The number of carboxylic acid groups (broad SMARTS) is 1. The van der Waals surface area contributed by atoms with Crippen molar-refractivity contribution in [1.29, 1.82) is 0 Å². The second kappa shape index (κ2) is 8.27. The van der Waals surface area contributed by atoms with Gasteiger partial charge in [0.15, 0.2) is 0 Å². The van der Waals surface area contributed by atoms with E-state index >= 15 is 0 Å². The molecule has 168 valence electrons. The first kappa shape index (κ1) is 21.6. The molecule has 2 N–H and O–H groups in total. The monoisotopic (exact) mass is 448 g/mol. The Morgan fingerprint density at radius 3 is 2.62 bits per heavy atom. The predicted molar refractivity (Wildman–Crippen MR) is 135 cm³/mol. The van der Waals surface area contributed by atoms with E-state index in [0.717, 1.165) is 39.5 Å². The molecule has 0 saturated carbocycles. The van der Waals surface area contributed by atoms with Crippen LogP contribution >= 0.6 is 0 Å². The zero-order chi connectivity index (χ0) is 23.9. The lowest BCUT2D eigenvalue weighted by Crippen LogP contribution is -2.22. The molecule has 0 radical (unpaired) electrons. The van der Waals surface area contributed by atoms with Gasteiger partial charge in [0, 0.05) is 28.9 Å². The van der Waals surface area contributed by atoms with Crippen molar-refractivity contribution in [2.24, 2.45) is 0 Å². The fourth-order valence-electron chi connectivity index (χ4n) is 4.87. The van der Waals surface area contributed by atoms with Crippen LogP contribution in [0.25, 0.3) is 27.5 Å². The van der Waals surface area contributed by atoms with Crippen molar-refractivity contribution in [3.05, 3.63) is 101 Å². The molecule has 0 bridgehead atoms. The lowest BCUT2D eigenvalue weighted by molar-refractivity contribution is -0.105. The smallest absolute Gasteiger partial charge is 0.337 e. The van der Waals surface area contributed by atoms with Crippen LogP contribution in [-0.2, 0) is 10.2 Å². The van der Waals surface area contributed by atoms with E-state index in [-0.39, 0.29) is 16.7 Å². The van der Waals surface area contributed by atoms with Crippen molar-refractivity contribution in [3.8, 4) is 11.1 Å². The molecule has 5 nitrogen and oxygen atoms in total. The summed E-state index contributed by atoms with van der Waals surface area (Å²) in [6.07, 6.45) is 7.46. The highest BCUT2D eigenvalue weighted by atomic mass is 16.4. The van der Waals surface area contributed by atoms with Gasteiger partial charge in [-0.25, -0.2) is 4.79 Å². The first-order chi connectivity index (χ1) is 16.4. The molecule has 0 unspecified atom stereocenters. The maximum atomic E-state index is 11.8. The molecule has 1 aromatic heterocycles. The summed E-state index contributed by atoms with van der Waals surface area (Å²) < 4.78 is 0. The molecule has 1 aliphatic carbocycles. The second-order valence-corrected chi connectivity index (χ2v) is 9.17. The standard InChI is InChI=1S/C29H24N2O3/c1-29(2)13-12-22(25-16-30-15-19-6-3-4-7-20(19)25)24-14-18(10-11-26(24)29)21-8-5-9-23(28(33)34)27(21)31-17-32/h3-12,14-17H,13H2,1-2H3,(H,31,32)(H,33,34). The molecule has 0 fully saturated rings. The third-order valence-corrected chi connectivity index (χ3v) is 6.62. The lowest BCUT2D eigenvalue weighted by Gasteiger charge is -2.33. The number of hydrogen-bond acceptors (Lipinski definition) is 3. The molecule has 1 amide bonds. The van der Waals surface area contributed by atoms with Crippen LogP contribution in [-0.4, -0.2) is 22.5 Å². The van der Waals surface area contributed by atoms with Gasteiger partial charge >= 0.3 is 5.97 Å². The van der Waals surface area contributed by atoms with Crippen LogP contribution in [0.2, 0.25) is 0 Å². The number of pyridine rings is 1. The van der Waals surface area contributed by atoms with Gasteiger partial charge in [-0.05, 0) is 51.6 Å². The molecule has 0 atom stereocenters. The van der Waals surface area contributed by atoms with Gasteiger partial charge in [0.1, 0.15) is 0 Å². The number of allylic oxidation sites excluding steroid dienone is 1. The lowest BCUT2D eigenvalue weighted by atomic mass is 9.71. The van der Waals surface area contributed by atoms with Crippen LogP contribution in [0.4, 0.5) is 5.69 Å². The van der Waals surface area contributed by atoms with Crippen LogP contribution in [0.5, 0.6) is 0 Å². The third-order valence-electron chi connectivity index (χ3n) is 6.62. The van der Waals surface area contributed by atoms with Crippen LogP contribution in [0.3, 0.4) is 0 Å². The minimum Gasteiger partial charge on any atom is -0.478 e. The van der Waals surface area contributed by atoms with Gasteiger partial charge in [0.25, 0.3) is 0 Å². The van der Waals surface area contributed by atoms with E-state index in [4.69, 9.17) is 0 Å². The predicted octanol–water partition coefficient (Wildman–Crippen LogP) is 6.28. The molecule has 5 heteroatoms. The number of hydrogen-bond donors (Lipinski definition) is 2. The highest BCUT2D eigenvalue weighted by Crippen LogP contribution is 2.44. The van der Waals surface area contributed by atoms with E-state index in [1.165, 1.54) is 11.6 Å². The van der Waals surface area contributed by atoms with Crippen molar-refractivity contribution in [2.45, 2.75) is 25.7 Å². The Morgan fingerprint density at radius 1 is 1.00 bits per heavy atom. The van der Waals surface area contributed by atoms with E-state index in [9.17, 15) is 14.7 Å². The molecule has 0 aliphatic heterocycles. The fourth-order valence-corrected chi connectivity index (χ4v) is 4.87. The number of amides is 1. The SMILES string of the molecule is CC1(C)CC=C(c2cncc3ccccc23)c2cc(-c3cccc(C(=O)O)c3NC=O)ccc21. The summed E-state index contributed by atoms with van der Waals surface area (Å²) in [7, 11) is 0. The van der Waals surface area contributed by atoms with E-state index < -0.39 is 5.97 Å². The number of fused-ring (bicyclic) bond motifs is 2. The summed E-state index contributed by atoms with van der Waals surface area (Å²) in [6, 6.07) is 19.5. The summed E-state index contributed by atoms with van der Waals surface area (Å²) in [6.45, 7) is 4.45. The van der Waals surface area contributed by atoms with Crippen LogP contribution in [0.1, 0.15) is 47.3 Å². The van der Waals surface area contributed by atoms with Gasteiger partial charge in [-0.1, -0.05) is 68.5 Å². The van der Waals surface area contributed by atoms with Gasteiger partial charge in [0.2, 0.25) is 6.41 Å². The number of aromatic nitrogens is 1. The Morgan fingerprint density at radius 2 is 1.82 bits per heavy atom. The molecule has 3 aromatic carbocycles. The molecule has 5 rings (SSSR count). The fraction of sp³-hybridized carbons (Fsp3) is 0.138. The average molecular weight is 449 g/mol. The first-order valence-electron chi connectivity index (χ1n) is 11.2. The highest BCUT2D eigenvalue weighted by Gasteiger charge is 2.30. The second-order valence-electron chi connectivity index (χ2n) is 9.17. The maximum absolute atomic E-state index is 11.8. The zero-order valence-electron chi connectivity index (χ0n) is 19.0. The molecule has 4 aromatic rings. The Hall–Kier alpha value is -4.25. The van der Waals surface area contributed by atoms with E-state index in [0.29, 0.717) is 12.0 Å². The number of carbonyl (C=O) groups is 2. The number of anilines is 1. The van der Waals surface area contributed by atoms with Gasteiger partial charge < -0.3 is 10.4 Å². The summed E-state index contributed by atoms with van der Waals surface area (Å²) in [5, 5.41) is 14.5. The van der Waals surface area contributed by atoms with Crippen LogP contribution < -0.4 is 5.32 Å². The number of carbonyl (C=O) groups excluding carboxylic acids is 1. The molecule has 0 saturated heterocycles. The number of rotatable bonds is 5. The largest absolute Gasteiger partial charge is 0.478 e. The molecular formula is C29H24N2O3. The minimum absolute atomic E-state index is 0.0525. The Balaban J connectivity index is 1.74. The number of para-hydroxylation sites is 1. The number of nitrogens with one attached hydrogen (secondary N) is 1. The maximum Gasteiger partial charge on any atom is 0.337 e. The van der Waals surface area contributed by atoms with Gasteiger partial charge in [-0.2, -0.15) is 0 Å². The number of carboxylic acids is 1. The molecule has 1 aliphatic rings. The quantitative estimate of drug-likeness (QED) is 0.352. The Kier molecular flexibility index (Phi) is 5.25. The van der Waals surface area contributed by atoms with Crippen molar-refractivity contribution in [3.63, 3.8) is 0 Å². The zero-order valence-corrected chi connectivity index (χ0v) is 19.0. The third kappa shape index (κ3) is 3.55. The van der Waals surface area contributed by atoms with Crippen LogP contribution in [0, 0.1) is 0 Å². The highest BCUT2D eigenvalue weighted by molar-refractivity contribution is 6.03. The van der Waals surface area contributed by atoms with Crippen LogP contribution in [0.15, 0.2) is 79.1 Å². The van der Waals surface area contributed by atoms with E-state index in [1.54, 1.807) is 6.07 Å². The number of benzene rings is 3.